The van der Waals surface area contributed by atoms with Gasteiger partial charge in [-0.3, -0.25) is 0 Å². The quantitative estimate of drug-likeness (QED) is 0.756. The van der Waals surface area contributed by atoms with Crippen molar-refractivity contribution < 1.29 is 0 Å². The first kappa shape index (κ1) is 9.40. The zero-order chi connectivity index (χ0) is 8.97. The molecule has 1 N–H and O–H groups in total. The van der Waals surface area contributed by atoms with Crippen molar-refractivity contribution in [2.45, 2.75) is 26.3 Å². The van der Waals surface area contributed by atoms with Crippen LogP contribution in [0.2, 0.25) is 5.02 Å². The minimum atomic E-state index is 0.477. The van der Waals surface area contributed by atoms with Crippen LogP contribution in [0.1, 0.15) is 20.3 Å². The van der Waals surface area contributed by atoms with Gasteiger partial charge < -0.3 is 5.32 Å². The fourth-order valence-electron chi connectivity index (χ4n) is 0.946. The van der Waals surface area contributed by atoms with E-state index >= 15 is 0 Å². The molecule has 1 aromatic rings. The largest absolute Gasteiger partial charge is 0.381 e. The molecule has 12 heavy (non-hydrogen) atoms. The molecule has 0 bridgehead atoms. The molecule has 0 heterocycles. The molecule has 0 aliphatic heterocycles. The van der Waals surface area contributed by atoms with E-state index in [1.807, 2.05) is 24.3 Å². The van der Waals surface area contributed by atoms with Gasteiger partial charge in [-0.25, -0.2) is 0 Å². The average Bonchev–Trinajstić information content (AvgIpc) is 2.09. The Balaban J connectivity index is 2.69. The molecule has 0 saturated heterocycles. The summed E-state index contributed by atoms with van der Waals surface area (Å²) >= 11 is 5.96. The molecule has 0 fully saturated rings. The predicted molar refractivity (Wildman–Crippen MR) is 54.8 cm³/mol. The lowest BCUT2D eigenvalue weighted by molar-refractivity contribution is 0.764. The van der Waals surface area contributed by atoms with Gasteiger partial charge in [0.25, 0.3) is 0 Å². The van der Waals surface area contributed by atoms with Gasteiger partial charge >= 0.3 is 0 Å². The number of hydrogen-bond donors (Lipinski definition) is 1. The topological polar surface area (TPSA) is 12.0 Å². The molecule has 1 atom stereocenters. The van der Waals surface area contributed by atoms with Crippen LogP contribution in [0.15, 0.2) is 24.3 Å². The maximum atomic E-state index is 5.96. The summed E-state index contributed by atoms with van der Waals surface area (Å²) in [7, 11) is 0. The Morgan fingerprint density at radius 3 is 2.67 bits per heavy atom. The molecule has 0 saturated carbocycles. The molecule has 66 valence electrons. The van der Waals surface area contributed by atoms with E-state index in [0.29, 0.717) is 6.04 Å². The molecular formula is C10H14ClN. The van der Waals surface area contributed by atoms with Gasteiger partial charge in [0.15, 0.2) is 0 Å². The van der Waals surface area contributed by atoms with Crippen LogP contribution in [-0.4, -0.2) is 6.04 Å². The minimum absolute atomic E-state index is 0.477. The minimum Gasteiger partial charge on any atom is -0.381 e. The van der Waals surface area contributed by atoms with E-state index in [0.717, 1.165) is 17.1 Å². The van der Waals surface area contributed by atoms with Gasteiger partial charge in [-0.05, 0) is 25.5 Å². The number of hydrogen-bond acceptors (Lipinski definition) is 1. The Hall–Kier alpha value is -0.690. The standard InChI is InChI=1S/C10H14ClN/c1-3-8(2)12-10-7-5-4-6-9(10)11/h4-8,12H,3H2,1-2H3/t8-/m0/s1. The molecular weight excluding hydrogens is 170 g/mol. The fourth-order valence-corrected chi connectivity index (χ4v) is 1.14. The summed E-state index contributed by atoms with van der Waals surface area (Å²) in [6.07, 6.45) is 1.10. The summed E-state index contributed by atoms with van der Waals surface area (Å²) in [5.74, 6) is 0. The number of halogens is 1. The van der Waals surface area contributed by atoms with Crippen molar-refractivity contribution in [2.24, 2.45) is 0 Å². The van der Waals surface area contributed by atoms with E-state index in [2.05, 4.69) is 19.2 Å². The number of para-hydroxylation sites is 1. The lowest BCUT2D eigenvalue weighted by atomic mass is 10.2. The first-order chi connectivity index (χ1) is 5.74. The van der Waals surface area contributed by atoms with Gasteiger partial charge in [-0.15, -0.1) is 0 Å². The van der Waals surface area contributed by atoms with Gasteiger partial charge in [0.05, 0.1) is 10.7 Å². The fraction of sp³-hybridized carbons (Fsp3) is 0.400. The van der Waals surface area contributed by atoms with Crippen molar-refractivity contribution >= 4 is 17.3 Å². The van der Waals surface area contributed by atoms with E-state index in [-0.39, 0.29) is 0 Å². The zero-order valence-corrected chi connectivity index (χ0v) is 8.23. The molecule has 0 amide bonds. The molecule has 1 aromatic carbocycles. The van der Waals surface area contributed by atoms with Gasteiger partial charge in [-0.2, -0.15) is 0 Å². The monoisotopic (exact) mass is 183 g/mol. The van der Waals surface area contributed by atoms with Gasteiger partial charge in [0, 0.05) is 6.04 Å². The highest BCUT2D eigenvalue weighted by atomic mass is 35.5. The van der Waals surface area contributed by atoms with Crippen molar-refractivity contribution in [3.05, 3.63) is 29.3 Å². The first-order valence-corrected chi connectivity index (χ1v) is 4.63. The highest BCUT2D eigenvalue weighted by Gasteiger charge is 2.01. The molecule has 0 radical (unpaired) electrons. The molecule has 1 rings (SSSR count). The Bertz CT molecular complexity index is 247. The summed E-state index contributed by atoms with van der Waals surface area (Å²) in [6, 6.07) is 8.28. The molecule has 0 unspecified atom stereocenters. The van der Waals surface area contributed by atoms with Crippen LogP contribution < -0.4 is 5.32 Å². The van der Waals surface area contributed by atoms with E-state index in [9.17, 15) is 0 Å². The smallest absolute Gasteiger partial charge is 0.0637 e. The van der Waals surface area contributed by atoms with Crippen LogP contribution in [0.5, 0.6) is 0 Å². The van der Waals surface area contributed by atoms with Crippen molar-refractivity contribution in [1.29, 1.82) is 0 Å². The van der Waals surface area contributed by atoms with Crippen LogP contribution in [0.3, 0.4) is 0 Å². The van der Waals surface area contributed by atoms with Gasteiger partial charge in [0.2, 0.25) is 0 Å². The third-order valence-corrected chi connectivity index (χ3v) is 2.22. The predicted octanol–water partition coefficient (Wildman–Crippen LogP) is 3.55. The zero-order valence-electron chi connectivity index (χ0n) is 7.47. The SMILES string of the molecule is CC[C@H](C)Nc1ccccc1Cl. The summed E-state index contributed by atoms with van der Waals surface area (Å²) in [4.78, 5) is 0. The second-order valence-corrected chi connectivity index (χ2v) is 3.34. The summed E-state index contributed by atoms with van der Waals surface area (Å²) in [5, 5.41) is 4.12. The molecule has 1 nitrogen and oxygen atoms in total. The molecule has 0 aromatic heterocycles. The maximum absolute atomic E-state index is 5.96. The van der Waals surface area contributed by atoms with Crippen LogP contribution in [-0.2, 0) is 0 Å². The van der Waals surface area contributed by atoms with Crippen LogP contribution >= 0.6 is 11.6 Å². The number of rotatable bonds is 3. The summed E-state index contributed by atoms with van der Waals surface area (Å²) in [6.45, 7) is 4.29. The first-order valence-electron chi connectivity index (χ1n) is 4.25. The summed E-state index contributed by atoms with van der Waals surface area (Å²) in [5.41, 5.74) is 1.02. The van der Waals surface area contributed by atoms with E-state index in [1.54, 1.807) is 0 Å². The second-order valence-electron chi connectivity index (χ2n) is 2.93. The molecule has 0 aliphatic rings. The average molecular weight is 184 g/mol. The third-order valence-electron chi connectivity index (χ3n) is 1.89. The van der Waals surface area contributed by atoms with E-state index in [4.69, 9.17) is 11.6 Å². The van der Waals surface area contributed by atoms with Crippen molar-refractivity contribution in [1.82, 2.24) is 0 Å². The Morgan fingerprint density at radius 2 is 2.08 bits per heavy atom. The lowest BCUT2D eigenvalue weighted by Gasteiger charge is -2.13. The molecule has 0 spiro atoms. The third kappa shape index (κ3) is 2.42. The van der Waals surface area contributed by atoms with Crippen molar-refractivity contribution in [3.8, 4) is 0 Å². The normalized spacial score (nSPS) is 12.6. The van der Waals surface area contributed by atoms with E-state index in [1.165, 1.54) is 0 Å². The van der Waals surface area contributed by atoms with Gasteiger partial charge in [0.1, 0.15) is 0 Å². The van der Waals surface area contributed by atoms with Gasteiger partial charge in [-0.1, -0.05) is 30.7 Å². The lowest BCUT2D eigenvalue weighted by Crippen LogP contribution is -2.13. The number of anilines is 1. The van der Waals surface area contributed by atoms with Crippen molar-refractivity contribution in [2.75, 3.05) is 5.32 Å². The Morgan fingerprint density at radius 1 is 1.42 bits per heavy atom. The second kappa shape index (κ2) is 4.36. The highest BCUT2D eigenvalue weighted by Crippen LogP contribution is 2.21. The van der Waals surface area contributed by atoms with Crippen molar-refractivity contribution in [3.63, 3.8) is 0 Å². The maximum Gasteiger partial charge on any atom is 0.0637 e. The number of benzene rings is 1. The van der Waals surface area contributed by atoms with Crippen LogP contribution in [0, 0.1) is 0 Å². The number of nitrogens with one attached hydrogen (secondary N) is 1. The van der Waals surface area contributed by atoms with Crippen LogP contribution in [0.25, 0.3) is 0 Å². The Kier molecular flexibility index (Phi) is 3.42. The molecule has 2 heteroatoms. The van der Waals surface area contributed by atoms with Crippen LogP contribution in [0.4, 0.5) is 5.69 Å². The van der Waals surface area contributed by atoms with E-state index < -0.39 is 0 Å². The summed E-state index contributed by atoms with van der Waals surface area (Å²) < 4.78 is 0. The Labute approximate surface area is 78.7 Å². The highest BCUT2D eigenvalue weighted by molar-refractivity contribution is 6.33. The molecule has 0 aliphatic carbocycles.